The fourth-order valence-corrected chi connectivity index (χ4v) is 2.70. The summed E-state index contributed by atoms with van der Waals surface area (Å²) in [5, 5.41) is 9.84. The first-order valence-electron chi connectivity index (χ1n) is 9.56. The third kappa shape index (κ3) is 5.61. The molecule has 0 bridgehead atoms. The van der Waals surface area contributed by atoms with E-state index < -0.39 is 5.60 Å². The van der Waals surface area contributed by atoms with Crippen LogP contribution in [-0.2, 0) is 6.61 Å². The summed E-state index contributed by atoms with van der Waals surface area (Å²) in [5.74, 6) is 1.48. The van der Waals surface area contributed by atoms with Crippen LogP contribution in [0, 0.1) is 6.92 Å². The van der Waals surface area contributed by atoms with Crippen molar-refractivity contribution in [3.05, 3.63) is 76.3 Å². The topological polar surface area (TPSA) is 82.8 Å². The Labute approximate surface area is 175 Å². The number of aryl methyl sites for hydroxylation is 1. The SMILES string of the molecule is COc1cc(-n2ccc(COc3ccc(C)cn3)cc2=O)ccc1OCC(C)(C)O. The van der Waals surface area contributed by atoms with Gasteiger partial charge in [-0.1, -0.05) is 6.07 Å². The molecule has 0 amide bonds. The second-order valence-corrected chi connectivity index (χ2v) is 7.64. The van der Waals surface area contributed by atoms with E-state index in [0.29, 0.717) is 23.1 Å². The third-order valence-electron chi connectivity index (χ3n) is 4.26. The summed E-state index contributed by atoms with van der Waals surface area (Å²) in [6.45, 7) is 5.64. The van der Waals surface area contributed by atoms with Crippen molar-refractivity contribution in [1.29, 1.82) is 0 Å². The number of hydrogen-bond acceptors (Lipinski definition) is 6. The summed E-state index contributed by atoms with van der Waals surface area (Å²) >= 11 is 0. The molecule has 0 aliphatic heterocycles. The van der Waals surface area contributed by atoms with Gasteiger partial charge in [-0.2, -0.15) is 0 Å². The number of aliphatic hydroxyl groups is 1. The highest BCUT2D eigenvalue weighted by atomic mass is 16.5. The fourth-order valence-electron chi connectivity index (χ4n) is 2.70. The Kier molecular flexibility index (Phi) is 6.42. The van der Waals surface area contributed by atoms with Gasteiger partial charge in [0.05, 0.1) is 18.4 Å². The van der Waals surface area contributed by atoms with E-state index in [-0.39, 0.29) is 18.8 Å². The lowest BCUT2D eigenvalue weighted by molar-refractivity contribution is 0.0276. The van der Waals surface area contributed by atoms with Crippen molar-refractivity contribution in [2.75, 3.05) is 13.7 Å². The van der Waals surface area contributed by atoms with Crippen LogP contribution in [0.15, 0.2) is 59.7 Å². The Morgan fingerprint density at radius 2 is 1.87 bits per heavy atom. The van der Waals surface area contributed by atoms with E-state index in [1.165, 1.54) is 17.7 Å². The first-order valence-corrected chi connectivity index (χ1v) is 9.56. The minimum absolute atomic E-state index is 0.118. The lowest BCUT2D eigenvalue weighted by atomic mass is 10.2. The smallest absolute Gasteiger partial charge is 0.255 e. The molecule has 0 atom stereocenters. The summed E-state index contributed by atoms with van der Waals surface area (Å²) in [4.78, 5) is 16.8. The van der Waals surface area contributed by atoms with Crippen LogP contribution in [0.5, 0.6) is 17.4 Å². The Morgan fingerprint density at radius 1 is 1.07 bits per heavy atom. The number of hydrogen-bond donors (Lipinski definition) is 1. The van der Waals surface area contributed by atoms with Gasteiger partial charge in [0.15, 0.2) is 11.5 Å². The zero-order chi connectivity index (χ0) is 21.7. The molecule has 0 aliphatic carbocycles. The molecule has 1 aromatic carbocycles. The van der Waals surface area contributed by atoms with Crippen LogP contribution in [0.2, 0.25) is 0 Å². The van der Waals surface area contributed by atoms with Gasteiger partial charge < -0.3 is 19.3 Å². The molecular formula is C23H26N2O5. The average Bonchev–Trinajstić information content (AvgIpc) is 2.71. The molecule has 7 heteroatoms. The van der Waals surface area contributed by atoms with Crippen LogP contribution >= 0.6 is 0 Å². The number of methoxy groups -OCH3 is 1. The van der Waals surface area contributed by atoms with E-state index in [9.17, 15) is 9.90 Å². The van der Waals surface area contributed by atoms with Gasteiger partial charge in [-0.05, 0) is 50.1 Å². The van der Waals surface area contributed by atoms with Crippen LogP contribution in [0.3, 0.4) is 0 Å². The molecule has 1 N–H and O–H groups in total. The van der Waals surface area contributed by atoms with Crippen LogP contribution in [0.25, 0.3) is 5.69 Å². The molecule has 0 aliphatic rings. The van der Waals surface area contributed by atoms with E-state index in [1.54, 1.807) is 50.5 Å². The standard InChI is InChI=1S/C23H26N2O5/c1-16-5-8-21(24-13-16)29-14-17-9-10-25(22(26)11-17)18-6-7-19(20(12-18)28-4)30-15-23(2,3)27/h5-13,27H,14-15H2,1-4H3. The molecule has 158 valence electrons. The molecule has 2 aromatic heterocycles. The van der Waals surface area contributed by atoms with Crippen molar-refractivity contribution in [3.8, 4) is 23.1 Å². The maximum absolute atomic E-state index is 12.6. The van der Waals surface area contributed by atoms with Gasteiger partial charge in [-0.15, -0.1) is 0 Å². The fraction of sp³-hybridized carbons (Fsp3) is 0.304. The number of ether oxygens (including phenoxy) is 3. The van der Waals surface area contributed by atoms with Crippen LogP contribution in [0.1, 0.15) is 25.0 Å². The van der Waals surface area contributed by atoms with Crippen molar-refractivity contribution in [1.82, 2.24) is 9.55 Å². The summed E-state index contributed by atoms with van der Waals surface area (Å²) in [5.41, 5.74) is 1.28. The monoisotopic (exact) mass is 410 g/mol. The predicted molar refractivity (Wildman–Crippen MR) is 114 cm³/mol. The lowest BCUT2D eigenvalue weighted by Crippen LogP contribution is -2.28. The number of pyridine rings is 2. The number of nitrogens with zero attached hydrogens (tertiary/aromatic N) is 2. The van der Waals surface area contributed by atoms with E-state index in [2.05, 4.69) is 4.98 Å². The molecular weight excluding hydrogens is 384 g/mol. The molecule has 0 spiro atoms. The Morgan fingerprint density at radius 3 is 2.50 bits per heavy atom. The van der Waals surface area contributed by atoms with Crippen molar-refractivity contribution >= 4 is 0 Å². The molecule has 3 rings (SSSR count). The average molecular weight is 410 g/mol. The van der Waals surface area contributed by atoms with Gasteiger partial charge in [-0.3, -0.25) is 9.36 Å². The Bertz CT molecular complexity index is 1050. The van der Waals surface area contributed by atoms with E-state index in [0.717, 1.165) is 11.1 Å². The molecule has 2 heterocycles. The first kappa shape index (κ1) is 21.4. The van der Waals surface area contributed by atoms with Crippen molar-refractivity contribution in [2.24, 2.45) is 0 Å². The highest BCUT2D eigenvalue weighted by Crippen LogP contribution is 2.29. The minimum atomic E-state index is -0.966. The summed E-state index contributed by atoms with van der Waals surface area (Å²) in [7, 11) is 1.53. The number of benzene rings is 1. The molecule has 3 aromatic rings. The maximum atomic E-state index is 12.6. The van der Waals surface area contributed by atoms with E-state index in [1.807, 2.05) is 19.1 Å². The summed E-state index contributed by atoms with van der Waals surface area (Å²) < 4.78 is 18.2. The van der Waals surface area contributed by atoms with Crippen LogP contribution in [0.4, 0.5) is 0 Å². The third-order valence-corrected chi connectivity index (χ3v) is 4.26. The van der Waals surface area contributed by atoms with Gasteiger partial charge >= 0.3 is 0 Å². The molecule has 30 heavy (non-hydrogen) atoms. The zero-order valence-corrected chi connectivity index (χ0v) is 17.6. The Hall–Kier alpha value is -3.32. The molecule has 0 radical (unpaired) electrons. The van der Waals surface area contributed by atoms with Crippen molar-refractivity contribution < 1.29 is 19.3 Å². The van der Waals surface area contributed by atoms with Gasteiger partial charge in [0, 0.05) is 30.6 Å². The quantitative estimate of drug-likeness (QED) is 0.614. The number of rotatable bonds is 8. The largest absolute Gasteiger partial charge is 0.493 e. The molecule has 7 nitrogen and oxygen atoms in total. The highest BCUT2D eigenvalue weighted by Gasteiger charge is 2.16. The van der Waals surface area contributed by atoms with E-state index >= 15 is 0 Å². The molecule has 0 fully saturated rings. The molecule has 0 saturated carbocycles. The van der Waals surface area contributed by atoms with Gasteiger partial charge in [0.1, 0.15) is 13.2 Å². The minimum Gasteiger partial charge on any atom is -0.493 e. The second kappa shape index (κ2) is 9.00. The summed E-state index contributed by atoms with van der Waals surface area (Å²) in [6.07, 6.45) is 3.42. The lowest BCUT2D eigenvalue weighted by Gasteiger charge is -2.19. The van der Waals surface area contributed by atoms with Crippen molar-refractivity contribution in [2.45, 2.75) is 33.0 Å². The zero-order valence-electron chi connectivity index (χ0n) is 17.6. The van der Waals surface area contributed by atoms with Gasteiger partial charge in [0.25, 0.3) is 5.56 Å². The second-order valence-electron chi connectivity index (χ2n) is 7.64. The van der Waals surface area contributed by atoms with Crippen LogP contribution in [-0.4, -0.2) is 34.0 Å². The summed E-state index contributed by atoms with van der Waals surface area (Å²) in [6, 6.07) is 12.3. The van der Waals surface area contributed by atoms with Gasteiger partial charge in [-0.25, -0.2) is 4.98 Å². The van der Waals surface area contributed by atoms with Crippen LogP contribution < -0.4 is 19.8 Å². The normalized spacial score (nSPS) is 11.2. The van der Waals surface area contributed by atoms with Crippen molar-refractivity contribution in [3.63, 3.8) is 0 Å². The number of aromatic nitrogens is 2. The first-order chi connectivity index (χ1) is 14.2. The molecule has 0 saturated heterocycles. The van der Waals surface area contributed by atoms with E-state index in [4.69, 9.17) is 14.2 Å². The van der Waals surface area contributed by atoms with Gasteiger partial charge in [0.2, 0.25) is 5.88 Å². The predicted octanol–water partition coefficient (Wildman–Crippen LogP) is 3.28. The molecule has 0 unspecified atom stereocenters. The maximum Gasteiger partial charge on any atom is 0.255 e. The Balaban J connectivity index is 1.75. The highest BCUT2D eigenvalue weighted by molar-refractivity contribution is 5.49.